The van der Waals surface area contributed by atoms with Crippen LogP contribution in [-0.2, 0) is 9.63 Å². The Bertz CT molecular complexity index is 1690. The van der Waals surface area contributed by atoms with E-state index in [9.17, 15) is 9.18 Å². The van der Waals surface area contributed by atoms with Crippen molar-refractivity contribution in [2.24, 2.45) is 0 Å². The molecule has 11 heteroatoms. The topological polar surface area (TPSA) is 95.1 Å². The molecule has 45 heavy (non-hydrogen) atoms. The van der Waals surface area contributed by atoms with E-state index in [0.717, 1.165) is 55.0 Å². The van der Waals surface area contributed by atoms with E-state index in [1.807, 2.05) is 42.5 Å². The highest BCUT2D eigenvalue weighted by molar-refractivity contribution is 6.02. The van der Waals surface area contributed by atoms with Crippen LogP contribution in [0.5, 0.6) is 5.75 Å². The zero-order valence-corrected chi connectivity index (χ0v) is 25.4. The van der Waals surface area contributed by atoms with E-state index in [1.165, 1.54) is 24.5 Å². The Morgan fingerprint density at radius 1 is 1.02 bits per heavy atom. The summed E-state index contributed by atoms with van der Waals surface area (Å²) in [4.78, 5) is 31.9. The molecule has 1 aromatic heterocycles. The molecule has 0 saturated carbocycles. The van der Waals surface area contributed by atoms with E-state index < -0.39 is 0 Å². The predicted molar refractivity (Wildman–Crippen MR) is 174 cm³/mol. The second kappa shape index (κ2) is 13.3. The number of hydrogen-bond donors (Lipinski definition) is 2. The molecule has 6 rings (SSSR count). The van der Waals surface area contributed by atoms with Gasteiger partial charge in [-0.1, -0.05) is 36.9 Å². The van der Waals surface area contributed by atoms with Gasteiger partial charge in [-0.25, -0.2) is 19.4 Å². The molecule has 2 aliphatic heterocycles. The number of benzene rings is 3. The molecule has 2 saturated heterocycles. The molecule has 3 heterocycles. The Labute approximate surface area is 262 Å². The third-order valence-electron chi connectivity index (χ3n) is 8.08. The molecule has 3 aromatic carbocycles. The largest absolute Gasteiger partial charge is 0.494 e. The number of amides is 1. The van der Waals surface area contributed by atoms with Crippen molar-refractivity contribution in [1.82, 2.24) is 14.9 Å². The van der Waals surface area contributed by atoms with Gasteiger partial charge in [0.15, 0.2) is 5.82 Å². The maximum atomic E-state index is 13.9. The number of nitrogens with zero attached hydrogens (tertiary/aromatic N) is 5. The lowest BCUT2D eigenvalue weighted by Gasteiger charge is -2.35. The van der Waals surface area contributed by atoms with Gasteiger partial charge in [0.05, 0.1) is 36.8 Å². The summed E-state index contributed by atoms with van der Waals surface area (Å²) in [6.07, 6.45) is 3.49. The van der Waals surface area contributed by atoms with Crippen molar-refractivity contribution in [3.63, 3.8) is 0 Å². The van der Waals surface area contributed by atoms with Crippen molar-refractivity contribution < 1.29 is 18.8 Å². The molecule has 0 radical (unpaired) electrons. The molecule has 2 N–H and O–H groups in total. The Morgan fingerprint density at radius 3 is 2.56 bits per heavy atom. The van der Waals surface area contributed by atoms with Gasteiger partial charge in [0.1, 0.15) is 23.7 Å². The molecule has 4 aromatic rings. The minimum Gasteiger partial charge on any atom is -0.494 e. The number of carbonyl (C=O) groups excluding carboxylic acids is 1. The van der Waals surface area contributed by atoms with Crippen LogP contribution in [0.2, 0.25) is 0 Å². The smallest absolute Gasteiger partial charge is 0.247 e. The molecule has 10 nitrogen and oxygen atoms in total. The zero-order valence-electron chi connectivity index (χ0n) is 25.4. The number of likely N-dealkylation sites (N-methyl/N-ethyl adjacent to an activating group) is 1. The van der Waals surface area contributed by atoms with Crippen molar-refractivity contribution in [2.75, 3.05) is 67.5 Å². The van der Waals surface area contributed by atoms with Gasteiger partial charge in [-0.05, 0) is 54.1 Å². The van der Waals surface area contributed by atoms with E-state index >= 15 is 0 Å². The molecule has 1 amide bonds. The number of halogens is 1. The third-order valence-corrected chi connectivity index (χ3v) is 8.08. The Balaban J connectivity index is 1.27. The van der Waals surface area contributed by atoms with Gasteiger partial charge < -0.3 is 25.2 Å². The van der Waals surface area contributed by atoms with Crippen molar-refractivity contribution >= 4 is 34.6 Å². The first-order valence-electron chi connectivity index (χ1n) is 14.9. The molecular formula is C34H36FN7O3. The van der Waals surface area contributed by atoms with Crippen LogP contribution in [0, 0.1) is 5.82 Å². The maximum Gasteiger partial charge on any atom is 0.247 e. The second-order valence-electron chi connectivity index (χ2n) is 11.0. The van der Waals surface area contributed by atoms with Gasteiger partial charge >= 0.3 is 0 Å². The number of nitrogens with one attached hydrogen (secondary N) is 2. The van der Waals surface area contributed by atoms with E-state index in [0.29, 0.717) is 35.4 Å². The monoisotopic (exact) mass is 609 g/mol. The standard InChI is InChI=1S/C34H36FN7O3/c1-4-34(43)39-27-19-28(31(44-3)20-30(27)41-14-12-40(2)13-15-41)38-32-21-33(37-22-36-32)42-29(11-16-45-42)25-9-5-7-23(17-25)24-8-6-10-26(35)18-24/h4-10,17-22,29H,1,11-16H2,2-3H3,(H,39,43)(H,36,37,38). The number of piperazine rings is 1. The van der Waals surface area contributed by atoms with Crippen molar-refractivity contribution in [3.8, 4) is 16.9 Å². The van der Waals surface area contributed by atoms with E-state index in [2.05, 4.69) is 50.1 Å². The van der Waals surface area contributed by atoms with Crippen LogP contribution in [0.4, 0.5) is 33.1 Å². The summed E-state index contributed by atoms with van der Waals surface area (Å²) in [7, 11) is 3.71. The summed E-state index contributed by atoms with van der Waals surface area (Å²) in [5, 5.41) is 8.10. The highest BCUT2D eigenvalue weighted by Gasteiger charge is 2.30. The lowest BCUT2D eigenvalue weighted by atomic mass is 9.98. The first-order chi connectivity index (χ1) is 21.9. The lowest BCUT2D eigenvalue weighted by Crippen LogP contribution is -2.44. The van der Waals surface area contributed by atoms with Crippen LogP contribution in [0.25, 0.3) is 11.1 Å². The fraction of sp³-hybridized carbons (Fsp3) is 0.265. The van der Waals surface area contributed by atoms with Gasteiger partial charge in [0.25, 0.3) is 0 Å². The first kappa shape index (κ1) is 30.0. The number of carbonyl (C=O) groups is 1. The van der Waals surface area contributed by atoms with Crippen LogP contribution < -0.4 is 25.3 Å². The summed E-state index contributed by atoms with van der Waals surface area (Å²) in [6.45, 7) is 7.60. The van der Waals surface area contributed by atoms with Crippen LogP contribution in [0.1, 0.15) is 18.0 Å². The Hall–Kier alpha value is -5.00. The maximum absolute atomic E-state index is 13.9. The van der Waals surface area contributed by atoms with Crippen molar-refractivity contribution in [1.29, 1.82) is 0 Å². The third kappa shape index (κ3) is 6.74. The number of hydrogen-bond acceptors (Lipinski definition) is 9. The van der Waals surface area contributed by atoms with Crippen LogP contribution in [0.3, 0.4) is 0 Å². The van der Waals surface area contributed by atoms with Gasteiger partial charge in [0, 0.05) is 44.7 Å². The van der Waals surface area contributed by atoms with Crippen LogP contribution >= 0.6 is 0 Å². The van der Waals surface area contributed by atoms with E-state index in [-0.39, 0.29) is 17.8 Å². The van der Waals surface area contributed by atoms with E-state index in [1.54, 1.807) is 18.2 Å². The quantitative estimate of drug-likeness (QED) is 0.229. The summed E-state index contributed by atoms with van der Waals surface area (Å²) in [5.74, 6) is 1.13. The number of anilines is 5. The van der Waals surface area contributed by atoms with Gasteiger partial charge in [-0.3, -0.25) is 9.63 Å². The van der Waals surface area contributed by atoms with Crippen LogP contribution in [-0.4, -0.2) is 67.7 Å². The summed E-state index contributed by atoms with van der Waals surface area (Å²) >= 11 is 0. The molecule has 2 aliphatic rings. The lowest BCUT2D eigenvalue weighted by molar-refractivity contribution is -0.111. The number of methoxy groups -OCH3 is 1. The summed E-state index contributed by atoms with van der Waals surface area (Å²) in [6, 6.07) is 20.1. The normalized spacial score (nSPS) is 16.8. The number of hydroxylamine groups is 1. The fourth-order valence-electron chi connectivity index (χ4n) is 5.69. The molecule has 1 atom stereocenters. The average Bonchev–Trinajstić information content (AvgIpc) is 3.56. The molecule has 0 bridgehead atoms. The summed E-state index contributed by atoms with van der Waals surface area (Å²) in [5.41, 5.74) is 4.91. The number of aromatic nitrogens is 2. The SMILES string of the molecule is C=CC(=O)Nc1cc(Nc2cc(N3OCCC3c3cccc(-c4cccc(F)c4)c3)ncn2)c(OC)cc1N1CCN(C)CC1. The zero-order chi connectivity index (χ0) is 31.3. The van der Waals surface area contributed by atoms with Crippen molar-refractivity contribution in [3.05, 3.63) is 97.1 Å². The molecule has 0 aliphatic carbocycles. The first-order valence-corrected chi connectivity index (χ1v) is 14.9. The van der Waals surface area contributed by atoms with E-state index in [4.69, 9.17) is 9.57 Å². The Morgan fingerprint density at radius 2 is 1.80 bits per heavy atom. The number of rotatable bonds is 9. The van der Waals surface area contributed by atoms with Gasteiger partial charge in [-0.2, -0.15) is 0 Å². The number of ether oxygens (including phenoxy) is 1. The van der Waals surface area contributed by atoms with Crippen LogP contribution in [0.15, 0.2) is 85.7 Å². The highest BCUT2D eigenvalue weighted by Crippen LogP contribution is 2.40. The van der Waals surface area contributed by atoms with Gasteiger partial charge in [0.2, 0.25) is 5.91 Å². The average molecular weight is 610 g/mol. The summed E-state index contributed by atoms with van der Waals surface area (Å²) < 4.78 is 19.7. The fourth-order valence-corrected chi connectivity index (χ4v) is 5.69. The molecular weight excluding hydrogens is 573 g/mol. The van der Waals surface area contributed by atoms with Gasteiger partial charge in [-0.15, -0.1) is 0 Å². The molecule has 2 fully saturated rings. The predicted octanol–water partition coefficient (Wildman–Crippen LogP) is 5.79. The highest BCUT2D eigenvalue weighted by atomic mass is 19.1. The Kier molecular flexibility index (Phi) is 8.90. The second-order valence-corrected chi connectivity index (χ2v) is 11.0. The molecule has 232 valence electrons. The van der Waals surface area contributed by atoms with Crippen molar-refractivity contribution in [2.45, 2.75) is 12.5 Å². The minimum absolute atomic E-state index is 0.0978. The minimum atomic E-state index is -0.301. The molecule has 0 spiro atoms. The molecule has 1 unspecified atom stereocenters.